The van der Waals surface area contributed by atoms with Gasteiger partial charge in [0, 0.05) is 25.0 Å². The molecule has 0 aromatic heterocycles. The van der Waals surface area contributed by atoms with Gasteiger partial charge in [0.25, 0.3) is 0 Å². The van der Waals surface area contributed by atoms with Gasteiger partial charge in [0.05, 0.1) is 0 Å². The Morgan fingerprint density at radius 1 is 1.41 bits per heavy atom. The smallest absolute Gasteiger partial charge is 0.331 e. The number of hydrogen-bond acceptors (Lipinski definition) is 2. The van der Waals surface area contributed by atoms with Crippen molar-refractivity contribution in [3.8, 4) is 0 Å². The van der Waals surface area contributed by atoms with Crippen molar-refractivity contribution in [2.75, 3.05) is 13.1 Å². The Labute approximate surface area is 99.4 Å². The van der Waals surface area contributed by atoms with Gasteiger partial charge in [-0.05, 0) is 12.8 Å². The van der Waals surface area contributed by atoms with Crippen LogP contribution >= 0.6 is 0 Å². The predicted molar refractivity (Wildman–Crippen MR) is 58.5 cm³/mol. The van der Waals surface area contributed by atoms with Crippen molar-refractivity contribution in [1.29, 1.82) is 0 Å². The summed E-state index contributed by atoms with van der Waals surface area (Å²) < 4.78 is 36.9. The molecular weight excluding hydrogens is 233 g/mol. The molecule has 0 heterocycles. The zero-order chi connectivity index (χ0) is 13.1. The number of hydrogen-bond donors (Lipinski definition) is 1. The lowest BCUT2D eigenvalue weighted by Gasteiger charge is -2.24. The summed E-state index contributed by atoms with van der Waals surface area (Å²) >= 11 is 0. The molecular formula is C11H19F3N2O. The van der Waals surface area contributed by atoms with E-state index in [4.69, 9.17) is 0 Å². The third kappa shape index (κ3) is 5.91. The average Bonchev–Trinajstić information content (AvgIpc) is 2.95. The van der Waals surface area contributed by atoms with Crippen molar-refractivity contribution in [3.63, 3.8) is 0 Å². The predicted octanol–water partition coefficient (Wildman–Crippen LogP) is 1.93. The highest BCUT2D eigenvalue weighted by atomic mass is 19.4. The number of nitrogens with zero attached hydrogens (tertiary/aromatic N) is 1. The lowest BCUT2D eigenvalue weighted by molar-refractivity contribution is -0.162. The Morgan fingerprint density at radius 3 is 2.41 bits per heavy atom. The first-order valence-electron chi connectivity index (χ1n) is 5.89. The average molecular weight is 252 g/mol. The van der Waals surface area contributed by atoms with Crippen LogP contribution in [0.3, 0.4) is 0 Å². The normalized spacial score (nSPS) is 16.4. The molecule has 17 heavy (non-hydrogen) atoms. The molecule has 0 radical (unpaired) electrons. The summed E-state index contributed by atoms with van der Waals surface area (Å²) in [5.74, 6) is -0.405. The fourth-order valence-corrected chi connectivity index (χ4v) is 1.61. The molecule has 100 valence electrons. The van der Waals surface area contributed by atoms with Crippen LogP contribution in [0.25, 0.3) is 0 Å². The van der Waals surface area contributed by atoms with Crippen LogP contribution < -0.4 is 5.32 Å². The first-order valence-corrected chi connectivity index (χ1v) is 5.89. The second-order valence-corrected chi connectivity index (χ2v) is 4.73. The standard InChI is InChI=1S/C11H19F3N2O/c1-8(2)15-6-5-10(17)16(9-3-4-9)7-11(12,13)14/h8-9,15H,3-7H2,1-2H3. The Bertz CT molecular complexity index is 262. The number of carbonyl (C=O) groups excluding carboxylic acids is 1. The molecule has 1 saturated carbocycles. The summed E-state index contributed by atoms with van der Waals surface area (Å²) in [6, 6.07) is 0.0444. The zero-order valence-electron chi connectivity index (χ0n) is 10.2. The highest BCUT2D eigenvalue weighted by molar-refractivity contribution is 5.77. The van der Waals surface area contributed by atoms with Gasteiger partial charge in [-0.1, -0.05) is 13.8 Å². The number of amides is 1. The quantitative estimate of drug-likeness (QED) is 0.783. The molecule has 3 nitrogen and oxygen atoms in total. The summed E-state index contributed by atoms with van der Waals surface area (Å²) in [4.78, 5) is 12.6. The molecule has 1 aliphatic carbocycles. The van der Waals surface area contributed by atoms with E-state index in [1.54, 1.807) is 0 Å². The van der Waals surface area contributed by atoms with Crippen LogP contribution in [0.15, 0.2) is 0 Å². The van der Waals surface area contributed by atoms with Crippen molar-refractivity contribution in [1.82, 2.24) is 10.2 Å². The van der Waals surface area contributed by atoms with Gasteiger partial charge in [-0.3, -0.25) is 4.79 Å². The Kier molecular flexibility index (Phi) is 4.80. The van der Waals surface area contributed by atoms with Crippen LogP contribution in [-0.2, 0) is 4.79 Å². The molecule has 0 spiro atoms. The second kappa shape index (κ2) is 5.71. The first kappa shape index (κ1) is 14.3. The number of nitrogens with one attached hydrogen (secondary N) is 1. The molecule has 0 unspecified atom stereocenters. The van der Waals surface area contributed by atoms with Gasteiger partial charge in [0.2, 0.25) is 5.91 Å². The maximum absolute atomic E-state index is 12.3. The van der Waals surface area contributed by atoms with Gasteiger partial charge in [0.15, 0.2) is 0 Å². The summed E-state index contributed by atoms with van der Waals surface area (Å²) in [7, 11) is 0. The lowest BCUT2D eigenvalue weighted by Crippen LogP contribution is -2.41. The highest BCUT2D eigenvalue weighted by Gasteiger charge is 2.40. The minimum absolute atomic E-state index is 0.130. The van der Waals surface area contributed by atoms with Gasteiger partial charge in [0.1, 0.15) is 6.54 Å². The van der Waals surface area contributed by atoms with Crippen molar-refractivity contribution in [2.24, 2.45) is 0 Å². The summed E-state index contributed by atoms with van der Waals surface area (Å²) in [6.45, 7) is 3.17. The molecule has 0 atom stereocenters. The molecule has 0 aromatic carbocycles. The lowest BCUT2D eigenvalue weighted by atomic mass is 10.3. The monoisotopic (exact) mass is 252 g/mol. The van der Waals surface area contributed by atoms with Gasteiger partial charge in [-0.25, -0.2) is 0 Å². The van der Waals surface area contributed by atoms with Gasteiger partial charge < -0.3 is 10.2 Å². The Morgan fingerprint density at radius 2 is 2.00 bits per heavy atom. The highest BCUT2D eigenvalue weighted by Crippen LogP contribution is 2.30. The summed E-state index contributed by atoms with van der Waals surface area (Å²) in [6.07, 6.45) is -2.78. The van der Waals surface area contributed by atoms with Crippen LogP contribution in [0.2, 0.25) is 0 Å². The molecule has 6 heteroatoms. The van der Waals surface area contributed by atoms with Crippen molar-refractivity contribution >= 4 is 5.91 Å². The van der Waals surface area contributed by atoms with E-state index in [2.05, 4.69) is 5.32 Å². The van der Waals surface area contributed by atoms with Crippen molar-refractivity contribution < 1.29 is 18.0 Å². The Balaban J connectivity index is 2.39. The van der Waals surface area contributed by atoms with Crippen molar-refractivity contribution in [2.45, 2.75) is 51.4 Å². The molecule has 1 fully saturated rings. The number of carbonyl (C=O) groups is 1. The van der Waals surface area contributed by atoms with E-state index in [-0.39, 0.29) is 18.5 Å². The SMILES string of the molecule is CC(C)NCCC(=O)N(CC(F)(F)F)C1CC1. The minimum atomic E-state index is -4.30. The second-order valence-electron chi connectivity index (χ2n) is 4.73. The zero-order valence-corrected chi connectivity index (χ0v) is 10.2. The third-order valence-corrected chi connectivity index (χ3v) is 2.55. The van der Waals surface area contributed by atoms with E-state index >= 15 is 0 Å². The Hall–Kier alpha value is -0.780. The molecule has 1 aliphatic rings. The molecule has 1 amide bonds. The summed E-state index contributed by atoms with van der Waals surface area (Å²) in [5.41, 5.74) is 0. The van der Waals surface area contributed by atoms with Crippen LogP contribution in [0.4, 0.5) is 13.2 Å². The van der Waals surface area contributed by atoms with E-state index < -0.39 is 18.6 Å². The van der Waals surface area contributed by atoms with E-state index in [1.807, 2.05) is 13.8 Å². The van der Waals surface area contributed by atoms with Crippen LogP contribution in [-0.4, -0.2) is 42.2 Å². The molecule has 1 N–H and O–H groups in total. The largest absolute Gasteiger partial charge is 0.406 e. The minimum Gasteiger partial charge on any atom is -0.331 e. The fraction of sp³-hybridized carbons (Fsp3) is 0.909. The molecule has 0 aliphatic heterocycles. The number of alkyl halides is 3. The van der Waals surface area contributed by atoms with E-state index in [1.165, 1.54) is 0 Å². The molecule has 0 bridgehead atoms. The van der Waals surface area contributed by atoms with Crippen LogP contribution in [0, 0.1) is 0 Å². The molecule has 1 rings (SSSR count). The molecule has 0 saturated heterocycles. The van der Waals surface area contributed by atoms with Gasteiger partial charge in [-0.2, -0.15) is 13.2 Å². The first-order chi connectivity index (χ1) is 7.79. The van der Waals surface area contributed by atoms with E-state index in [0.29, 0.717) is 19.4 Å². The van der Waals surface area contributed by atoms with Crippen LogP contribution in [0.1, 0.15) is 33.1 Å². The van der Waals surface area contributed by atoms with Gasteiger partial charge in [-0.15, -0.1) is 0 Å². The maximum atomic E-state index is 12.3. The van der Waals surface area contributed by atoms with E-state index in [9.17, 15) is 18.0 Å². The topological polar surface area (TPSA) is 32.3 Å². The number of halogens is 3. The fourth-order valence-electron chi connectivity index (χ4n) is 1.61. The third-order valence-electron chi connectivity index (χ3n) is 2.55. The number of rotatable bonds is 6. The molecule has 0 aromatic rings. The summed E-state index contributed by atoms with van der Waals surface area (Å²) in [5, 5.41) is 3.02. The maximum Gasteiger partial charge on any atom is 0.406 e. The van der Waals surface area contributed by atoms with E-state index in [0.717, 1.165) is 4.90 Å². The van der Waals surface area contributed by atoms with Crippen LogP contribution in [0.5, 0.6) is 0 Å². The van der Waals surface area contributed by atoms with Gasteiger partial charge >= 0.3 is 6.18 Å². The van der Waals surface area contributed by atoms with Crippen molar-refractivity contribution in [3.05, 3.63) is 0 Å².